The van der Waals surface area contributed by atoms with Crippen molar-refractivity contribution in [3.8, 4) is 0 Å². The van der Waals surface area contributed by atoms with Crippen molar-refractivity contribution in [1.82, 2.24) is 10.2 Å². The lowest BCUT2D eigenvalue weighted by atomic mass is 9.81. The molecule has 1 unspecified atom stereocenters. The molecule has 0 bridgehead atoms. The number of hydrogen-bond donors (Lipinski definition) is 3. The van der Waals surface area contributed by atoms with Crippen LogP contribution in [0.5, 0.6) is 0 Å². The van der Waals surface area contributed by atoms with Crippen LogP contribution in [-0.4, -0.2) is 36.4 Å². The van der Waals surface area contributed by atoms with E-state index in [9.17, 15) is 4.79 Å². The molecule has 0 aliphatic heterocycles. The molecule has 1 aliphatic carbocycles. The zero-order valence-electron chi connectivity index (χ0n) is 18.3. The van der Waals surface area contributed by atoms with E-state index in [4.69, 9.17) is 11.1 Å². The molecule has 4 N–H and O–H groups in total. The minimum Gasteiger partial charge on any atom is -0.370 e. The first kappa shape index (κ1) is 24.7. The fraction of sp³-hybridized carbons (Fsp3) is 0.440. The van der Waals surface area contributed by atoms with Crippen molar-refractivity contribution in [3.05, 3.63) is 71.8 Å². The van der Waals surface area contributed by atoms with Crippen LogP contribution in [0.3, 0.4) is 0 Å². The van der Waals surface area contributed by atoms with Gasteiger partial charge in [0, 0.05) is 25.2 Å². The third-order valence-electron chi connectivity index (χ3n) is 6.20. The van der Waals surface area contributed by atoms with Crippen molar-refractivity contribution >= 4 is 24.3 Å². The van der Waals surface area contributed by atoms with E-state index in [0.29, 0.717) is 11.8 Å². The van der Waals surface area contributed by atoms with E-state index >= 15 is 0 Å². The van der Waals surface area contributed by atoms with Gasteiger partial charge in [-0.05, 0) is 61.1 Å². The summed E-state index contributed by atoms with van der Waals surface area (Å²) in [7, 11) is 0. The summed E-state index contributed by atoms with van der Waals surface area (Å²) in [6.07, 6.45) is 4.46. The molecular formula is C25H35ClN4O. The Hall–Kier alpha value is -2.53. The number of hydrogen-bond acceptors (Lipinski definition) is 2. The summed E-state index contributed by atoms with van der Waals surface area (Å²) in [5.74, 6) is 1.54. The van der Waals surface area contributed by atoms with Crippen LogP contribution in [0.4, 0.5) is 0 Å². The molecule has 6 heteroatoms. The van der Waals surface area contributed by atoms with Crippen molar-refractivity contribution in [2.75, 3.05) is 19.6 Å². The number of carbonyl (C=O) groups is 1. The molecule has 1 aliphatic rings. The van der Waals surface area contributed by atoms with Gasteiger partial charge in [-0.2, -0.15) is 0 Å². The molecule has 1 amide bonds. The number of rotatable bonds is 8. The summed E-state index contributed by atoms with van der Waals surface area (Å²) in [6.45, 7) is 4.51. The van der Waals surface area contributed by atoms with Crippen LogP contribution in [0.1, 0.15) is 54.4 Å². The van der Waals surface area contributed by atoms with Gasteiger partial charge in [0.05, 0.1) is 0 Å². The summed E-state index contributed by atoms with van der Waals surface area (Å²) in [5.41, 5.74) is 7.44. The zero-order chi connectivity index (χ0) is 21.3. The topological polar surface area (TPSA) is 82.2 Å². The second-order valence-corrected chi connectivity index (χ2v) is 8.57. The van der Waals surface area contributed by atoms with Crippen molar-refractivity contribution in [3.63, 3.8) is 0 Å². The Morgan fingerprint density at radius 1 is 1.03 bits per heavy atom. The molecule has 1 atom stereocenters. The molecule has 5 nitrogen and oxygen atoms in total. The highest BCUT2D eigenvalue weighted by Gasteiger charge is 2.26. The molecule has 0 heterocycles. The molecule has 0 radical (unpaired) electrons. The van der Waals surface area contributed by atoms with Crippen LogP contribution < -0.4 is 11.1 Å². The molecule has 2 aromatic rings. The van der Waals surface area contributed by atoms with Gasteiger partial charge >= 0.3 is 0 Å². The fourth-order valence-electron chi connectivity index (χ4n) is 4.41. The van der Waals surface area contributed by atoms with E-state index in [-0.39, 0.29) is 30.2 Å². The molecule has 0 aromatic heterocycles. The standard InChI is InChI=1S/C25H34N4O.ClH/c1-19(22-8-4-2-5-9-22)17-29(24(30)23-10-6-3-7-11-23)18-21-14-12-20(13-15-21)16-28-25(26)27;/h2-11,19-21H,12-18H2,1H3,(H4,26,27,28);1H. The second-order valence-electron chi connectivity index (χ2n) is 8.57. The third kappa shape index (κ3) is 7.59. The van der Waals surface area contributed by atoms with E-state index in [1.54, 1.807) is 0 Å². The van der Waals surface area contributed by atoms with E-state index in [2.05, 4.69) is 41.4 Å². The van der Waals surface area contributed by atoms with Crippen LogP contribution in [0.15, 0.2) is 60.7 Å². The Morgan fingerprint density at radius 3 is 2.16 bits per heavy atom. The van der Waals surface area contributed by atoms with Gasteiger partial charge in [-0.25, -0.2) is 0 Å². The molecule has 1 saturated carbocycles. The summed E-state index contributed by atoms with van der Waals surface area (Å²) >= 11 is 0. The Bertz CT molecular complexity index is 807. The van der Waals surface area contributed by atoms with Crippen LogP contribution >= 0.6 is 12.4 Å². The van der Waals surface area contributed by atoms with Crippen LogP contribution in [-0.2, 0) is 0 Å². The van der Waals surface area contributed by atoms with Gasteiger partial charge in [-0.15, -0.1) is 12.4 Å². The molecule has 2 aromatic carbocycles. The largest absolute Gasteiger partial charge is 0.370 e. The first-order valence-electron chi connectivity index (χ1n) is 11.0. The highest BCUT2D eigenvalue weighted by atomic mass is 35.5. The van der Waals surface area contributed by atoms with Crippen molar-refractivity contribution < 1.29 is 4.79 Å². The SMILES string of the molecule is CC(CN(CC1CCC(CNC(=N)N)CC1)C(=O)c1ccccc1)c1ccccc1.Cl. The number of carbonyl (C=O) groups excluding carboxylic acids is 1. The molecule has 31 heavy (non-hydrogen) atoms. The summed E-state index contributed by atoms with van der Waals surface area (Å²) in [4.78, 5) is 15.4. The number of benzene rings is 2. The molecule has 3 rings (SSSR count). The maximum atomic E-state index is 13.3. The molecule has 0 saturated heterocycles. The number of guanidine groups is 1. The number of amides is 1. The van der Waals surface area contributed by atoms with Crippen LogP contribution in [0, 0.1) is 17.2 Å². The zero-order valence-corrected chi connectivity index (χ0v) is 19.1. The van der Waals surface area contributed by atoms with E-state index in [1.807, 2.05) is 36.4 Å². The summed E-state index contributed by atoms with van der Waals surface area (Å²) in [5, 5.41) is 10.3. The van der Waals surface area contributed by atoms with Crippen molar-refractivity contribution in [2.45, 2.75) is 38.5 Å². The van der Waals surface area contributed by atoms with Gasteiger partial charge in [0.1, 0.15) is 0 Å². The number of nitrogens with one attached hydrogen (secondary N) is 2. The van der Waals surface area contributed by atoms with Gasteiger partial charge in [0.15, 0.2) is 5.96 Å². The van der Waals surface area contributed by atoms with Gasteiger partial charge in [0.2, 0.25) is 0 Å². The monoisotopic (exact) mass is 442 g/mol. The summed E-state index contributed by atoms with van der Waals surface area (Å²) in [6, 6.07) is 20.1. The highest BCUT2D eigenvalue weighted by Crippen LogP contribution is 2.30. The average molecular weight is 443 g/mol. The van der Waals surface area contributed by atoms with E-state index < -0.39 is 0 Å². The Morgan fingerprint density at radius 2 is 1.58 bits per heavy atom. The minimum absolute atomic E-state index is 0. The van der Waals surface area contributed by atoms with Gasteiger partial charge < -0.3 is 16.0 Å². The predicted molar refractivity (Wildman–Crippen MR) is 130 cm³/mol. The lowest BCUT2D eigenvalue weighted by molar-refractivity contribution is 0.0696. The molecular weight excluding hydrogens is 408 g/mol. The smallest absolute Gasteiger partial charge is 0.253 e. The Kier molecular flexibility index (Phi) is 9.86. The van der Waals surface area contributed by atoms with Gasteiger partial charge in [-0.3, -0.25) is 10.2 Å². The number of nitrogens with two attached hydrogens (primary N) is 1. The average Bonchev–Trinajstić information content (AvgIpc) is 2.78. The van der Waals surface area contributed by atoms with Gasteiger partial charge in [0.25, 0.3) is 5.91 Å². The maximum absolute atomic E-state index is 13.3. The quantitative estimate of drug-likeness (QED) is 0.411. The Labute approximate surface area is 192 Å². The second kappa shape index (κ2) is 12.4. The van der Waals surface area contributed by atoms with Crippen molar-refractivity contribution in [1.29, 1.82) is 5.41 Å². The highest BCUT2D eigenvalue weighted by molar-refractivity contribution is 5.94. The van der Waals surface area contributed by atoms with E-state index in [1.165, 1.54) is 5.56 Å². The Balaban J connectivity index is 0.00000341. The lowest BCUT2D eigenvalue weighted by Crippen LogP contribution is -2.40. The molecule has 168 valence electrons. The first-order chi connectivity index (χ1) is 14.5. The fourth-order valence-corrected chi connectivity index (χ4v) is 4.41. The van der Waals surface area contributed by atoms with Gasteiger partial charge in [-0.1, -0.05) is 55.5 Å². The normalized spacial score (nSPS) is 19.0. The maximum Gasteiger partial charge on any atom is 0.253 e. The van der Waals surface area contributed by atoms with Crippen LogP contribution in [0.25, 0.3) is 0 Å². The van der Waals surface area contributed by atoms with E-state index in [0.717, 1.165) is 50.9 Å². The first-order valence-corrected chi connectivity index (χ1v) is 11.0. The number of halogens is 1. The minimum atomic E-state index is 0. The number of nitrogens with zero attached hydrogens (tertiary/aromatic N) is 1. The summed E-state index contributed by atoms with van der Waals surface area (Å²) < 4.78 is 0. The van der Waals surface area contributed by atoms with Crippen molar-refractivity contribution in [2.24, 2.45) is 17.6 Å². The van der Waals surface area contributed by atoms with Crippen LogP contribution in [0.2, 0.25) is 0 Å². The third-order valence-corrected chi connectivity index (χ3v) is 6.20. The molecule has 1 fully saturated rings. The molecule has 0 spiro atoms. The lowest BCUT2D eigenvalue weighted by Gasteiger charge is -2.34. The predicted octanol–water partition coefficient (Wildman–Crippen LogP) is 4.64.